The van der Waals surface area contributed by atoms with E-state index in [2.05, 4.69) is 23.3 Å². The zero-order valence-corrected chi connectivity index (χ0v) is 11.1. The quantitative estimate of drug-likeness (QED) is 0.726. The zero-order valence-electron chi connectivity index (χ0n) is 11.1. The molecule has 4 nitrogen and oxygen atoms in total. The van der Waals surface area contributed by atoms with Crippen molar-refractivity contribution in [1.82, 2.24) is 10.2 Å². The van der Waals surface area contributed by atoms with Crippen molar-refractivity contribution in [3.05, 3.63) is 0 Å². The summed E-state index contributed by atoms with van der Waals surface area (Å²) in [6.07, 6.45) is 3.37. The highest BCUT2D eigenvalue weighted by Gasteiger charge is 2.16. The highest BCUT2D eigenvalue weighted by Crippen LogP contribution is 2.14. The van der Waals surface area contributed by atoms with Gasteiger partial charge in [0.1, 0.15) is 0 Å². The van der Waals surface area contributed by atoms with Gasteiger partial charge in [0, 0.05) is 19.7 Å². The molecule has 1 rings (SSSR count). The van der Waals surface area contributed by atoms with Crippen LogP contribution in [0.25, 0.3) is 0 Å². The summed E-state index contributed by atoms with van der Waals surface area (Å²) in [5, 5.41) is 12.1. The van der Waals surface area contributed by atoms with Gasteiger partial charge in [0.15, 0.2) is 0 Å². The van der Waals surface area contributed by atoms with Crippen molar-refractivity contribution in [1.29, 1.82) is 5.26 Å². The van der Waals surface area contributed by atoms with E-state index in [0.29, 0.717) is 5.92 Å². The summed E-state index contributed by atoms with van der Waals surface area (Å²) in [5.74, 6) is 0.674. The van der Waals surface area contributed by atoms with E-state index in [1.807, 2.05) is 6.92 Å². The van der Waals surface area contributed by atoms with E-state index < -0.39 is 0 Å². The van der Waals surface area contributed by atoms with E-state index in [4.69, 9.17) is 10.00 Å². The SMILES string of the molecule is CCNC(C#N)CCN(C)CC1CCCOC1. The van der Waals surface area contributed by atoms with E-state index in [1.54, 1.807) is 0 Å². The molecule has 0 aromatic carbocycles. The highest BCUT2D eigenvalue weighted by atomic mass is 16.5. The molecule has 1 N–H and O–H groups in total. The Morgan fingerprint density at radius 2 is 2.41 bits per heavy atom. The Labute approximate surface area is 105 Å². The van der Waals surface area contributed by atoms with E-state index in [0.717, 1.165) is 39.3 Å². The van der Waals surface area contributed by atoms with Crippen LogP contribution < -0.4 is 5.32 Å². The molecular weight excluding hydrogens is 214 g/mol. The molecule has 1 aliphatic rings. The van der Waals surface area contributed by atoms with Crippen LogP contribution in [0, 0.1) is 17.2 Å². The van der Waals surface area contributed by atoms with Crippen molar-refractivity contribution in [3.8, 4) is 6.07 Å². The third kappa shape index (κ3) is 6.02. The van der Waals surface area contributed by atoms with Crippen molar-refractivity contribution >= 4 is 0 Å². The number of rotatable bonds is 7. The molecule has 0 amide bonds. The molecule has 1 aliphatic heterocycles. The van der Waals surface area contributed by atoms with Gasteiger partial charge in [0.05, 0.1) is 18.7 Å². The van der Waals surface area contributed by atoms with Gasteiger partial charge >= 0.3 is 0 Å². The summed E-state index contributed by atoms with van der Waals surface area (Å²) in [7, 11) is 2.13. The Balaban J connectivity index is 2.15. The second-order valence-electron chi connectivity index (χ2n) is 4.87. The third-order valence-corrected chi connectivity index (χ3v) is 3.23. The van der Waals surface area contributed by atoms with Gasteiger partial charge in [-0.1, -0.05) is 6.92 Å². The molecule has 2 unspecified atom stereocenters. The van der Waals surface area contributed by atoms with Crippen molar-refractivity contribution in [2.24, 2.45) is 5.92 Å². The molecule has 17 heavy (non-hydrogen) atoms. The van der Waals surface area contributed by atoms with Crippen LogP contribution in [0.1, 0.15) is 26.2 Å². The molecule has 1 fully saturated rings. The predicted octanol–water partition coefficient (Wildman–Crippen LogP) is 1.24. The lowest BCUT2D eigenvalue weighted by molar-refractivity contribution is 0.0418. The first-order chi connectivity index (χ1) is 8.26. The molecule has 2 atom stereocenters. The predicted molar refractivity (Wildman–Crippen MR) is 68.7 cm³/mol. The number of nitrogens with zero attached hydrogens (tertiary/aromatic N) is 2. The number of hydrogen-bond acceptors (Lipinski definition) is 4. The van der Waals surface area contributed by atoms with E-state index >= 15 is 0 Å². The maximum atomic E-state index is 8.94. The lowest BCUT2D eigenvalue weighted by Crippen LogP contribution is -2.35. The monoisotopic (exact) mass is 239 g/mol. The van der Waals surface area contributed by atoms with Gasteiger partial charge in [-0.25, -0.2) is 0 Å². The topological polar surface area (TPSA) is 48.3 Å². The first kappa shape index (κ1) is 14.4. The van der Waals surface area contributed by atoms with E-state index in [1.165, 1.54) is 12.8 Å². The smallest absolute Gasteiger partial charge is 0.0965 e. The van der Waals surface area contributed by atoms with Crippen molar-refractivity contribution < 1.29 is 4.74 Å². The number of ether oxygens (including phenoxy) is 1. The summed E-state index contributed by atoms with van der Waals surface area (Å²) in [6, 6.07) is 2.29. The summed E-state index contributed by atoms with van der Waals surface area (Å²) < 4.78 is 5.48. The summed E-state index contributed by atoms with van der Waals surface area (Å²) >= 11 is 0. The van der Waals surface area contributed by atoms with Crippen LogP contribution >= 0.6 is 0 Å². The Morgan fingerprint density at radius 1 is 1.59 bits per heavy atom. The van der Waals surface area contributed by atoms with Gasteiger partial charge in [0.2, 0.25) is 0 Å². The molecule has 0 spiro atoms. The van der Waals surface area contributed by atoms with Gasteiger partial charge in [-0.15, -0.1) is 0 Å². The maximum Gasteiger partial charge on any atom is 0.0965 e. The van der Waals surface area contributed by atoms with Gasteiger partial charge in [0.25, 0.3) is 0 Å². The molecule has 1 saturated heterocycles. The van der Waals surface area contributed by atoms with Crippen molar-refractivity contribution in [3.63, 3.8) is 0 Å². The summed E-state index contributed by atoms with van der Waals surface area (Å²) in [6.45, 7) is 6.79. The van der Waals surface area contributed by atoms with Crippen LogP contribution in [-0.4, -0.2) is 50.8 Å². The van der Waals surface area contributed by atoms with Gasteiger partial charge in [-0.3, -0.25) is 0 Å². The van der Waals surface area contributed by atoms with Gasteiger partial charge in [-0.05, 0) is 38.8 Å². The fraction of sp³-hybridized carbons (Fsp3) is 0.923. The first-order valence-corrected chi connectivity index (χ1v) is 6.65. The fourth-order valence-electron chi connectivity index (χ4n) is 2.29. The van der Waals surface area contributed by atoms with Crippen LogP contribution in [-0.2, 0) is 4.74 Å². The van der Waals surface area contributed by atoms with E-state index in [9.17, 15) is 0 Å². The van der Waals surface area contributed by atoms with Crippen LogP contribution in [0.3, 0.4) is 0 Å². The molecule has 0 saturated carbocycles. The molecule has 0 radical (unpaired) electrons. The Morgan fingerprint density at radius 3 is 3.00 bits per heavy atom. The fourth-order valence-corrected chi connectivity index (χ4v) is 2.29. The van der Waals surface area contributed by atoms with Crippen LogP contribution in [0.15, 0.2) is 0 Å². The number of nitriles is 1. The molecule has 4 heteroatoms. The zero-order chi connectivity index (χ0) is 12.5. The second-order valence-corrected chi connectivity index (χ2v) is 4.87. The van der Waals surface area contributed by atoms with Gasteiger partial charge < -0.3 is 15.0 Å². The Kier molecular flexibility index (Phi) is 7.18. The molecule has 98 valence electrons. The lowest BCUT2D eigenvalue weighted by Gasteiger charge is -2.27. The average molecular weight is 239 g/mol. The maximum absolute atomic E-state index is 8.94. The summed E-state index contributed by atoms with van der Waals surface area (Å²) in [4.78, 5) is 2.32. The largest absolute Gasteiger partial charge is 0.381 e. The Hall–Kier alpha value is -0.630. The molecule has 0 bridgehead atoms. The number of nitrogens with one attached hydrogen (secondary N) is 1. The van der Waals surface area contributed by atoms with Gasteiger partial charge in [-0.2, -0.15) is 5.26 Å². The minimum absolute atomic E-state index is 0.00921. The summed E-state index contributed by atoms with van der Waals surface area (Å²) in [5.41, 5.74) is 0. The van der Waals surface area contributed by atoms with Crippen LogP contribution in [0.5, 0.6) is 0 Å². The molecule has 0 aromatic rings. The average Bonchev–Trinajstić information content (AvgIpc) is 2.35. The molecule has 0 aliphatic carbocycles. The highest BCUT2D eigenvalue weighted by molar-refractivity contribution is 4.89. The third-order valence-electron chi connectivity index (χ3n) is 3.23. The van der Waals surface area contributed by atoms with Crippen molar-refractivity contribution in [2.45, 2.75) is 32.2 Å². The standard InChI is InChI=1S/C13H25N3O/c1-3-15-13(9-14)6-7-16(2)10-12-5-4-8-17-11-12/h12-13,15H,3-8,10-11H2,1-2H3. The molecule has 0 aromatic heterocycles. The molecule has 1 heterocycles. The minimum Gasteiger partial charge on any atom is -0.381 e. The molecular formula is C13H25N3O. The van der Waals surface area contributed by atoms with Crippen LogP contribution in [0.4, 0.5) is 0 Å². The normalized spacial score (nSPS) is 22.4. The van der Waals surface area contributed by atoms with E-state index in [-0.39, 0.29) is 6.04 Å². The lowest BCUT2D eigenvalue weighted by atomic mass is 10.0. The van der Waals surface area contributed by atoms with Crippen molar-refractivity contribution in [2.75, 3.05) is 39.9 Å². The first-order valence-electron chi connectivity index (χ1n) is 6.65. The second kappa shape index (κ2) is 8.46. The Bertz CT molecular complexity index is 233. The minimum atomic E-state index is -0.00921. The number of hydrogen-bond donors (Lipinski definition) is 1. The van der Waals surface area contributed by atoms with Crippen LogP contribution in [0.2, 0.25) is 0 Å².